The van der Waals surface area contributed by atoms with Crippen LogP contribution < -0.4 is 25.0 Å². The molecule has 0 aliphatic carbocycles. The van der Waals surface area contributed by atoms with Crippen molar-refractivity contribution in [2.75, 3.05) is 25.1 Å². The van der Waals surface area contributed by atoms with Crippen molar-refractivity contribution in [2.45, 2.75) is 52.3 Å². The first-order valence-electron chi connectivity index (χ1n) is 11.4. The number of amides is 1. The van der Waals surface area contributed by atoms with E-state index in [1.807, 2.05) is 36.1 Å². The number of hydrogen-bond acceptors (Lipinski definition) is 4. The minimum absolute atomic E-state index is 0.201. The van der Waals surface area contributed by atoms with E-state index >= 15 is 0 Å². The Balaban J connectivity index is 1.34. The van der Waals surface area contributed by atoms with E-state index in [0.29, 0.717) is 32.1 Å². The number of aliphatic imine (C=N–C) groups is 1. The topological polar surface area (TPSA) is 75.2 Å². The van der Waals surface area contributed by atoms with E-state index in [2.05, 4.69) is 34.7 Å². The highest BCUT2D eigenvalue weighted by molar-refractivity contribution is 5.95. The molecule has 1 unspecified atom stereocenters. The summed E-state index contributed by atoms with van der Waals surface area (Å²) >= 11 is 0. The van der Waals surface area contributed by atoms with Crippen molar-refractivity contribution >= 4 is 17.6 Å². The van der Waals surface area contributed by atoms with Crippen LogP contribution in [0.15, 0.2) is 41.4 Å². The standard InChI is InChI=1S/C25H32N4O3/c1-4-31-22-13-19-12-17(2)32-23(19)14-20(22)16-28-25(26-3)27-15-18-7-9-21(10-8-18)29-11-5-6-24(29)30/h7-10,13-14,17H,4-6,11-12,15-16H2,1-3H3,(H2,26,27,28). The van der Waals surface area contributed by atoms with Crippen molar-refractivity contribution in [3.8, 4) is 11.5 Å². The van der Waals surface area contributed by atoms with Crippen molar-refractivity contribution < 1.29 is 14.3 Å². The van der Waals surface area contributed by atoms with E-state index in [1.165, 1.54) is 5.56 Å². The predicted octanol–water partition coefficient (Wildman–Crippen LogP) is 3.40. The first-order chi connectivity index (χ1) is 15.6. The van der Waals surface area contributed by atoms with E-state index in [-0.39, 0.29) is 12.0 Å². The van der Waals surface area contributed by atoms with Gasteiger partial charge >= 0.3 is 0 Å². The minimum atomic E-state index is 0.201. The Morgan fingerprint density at radius 1 is 1.22 bits per heavy atom. The van der Waals surface area contributed by atoms with Gasteiger partial charge in [0, 0.05) is 56.3 Å². The van der Waals surface area contributed by atoms with E-state index in [1.54, 1.807) is 7.05 Å². The van der Waals surface area contributed by atoms with Crippen molar-refractivity contribution in [3.05, 3.63) is 53.1 Å². The van der Waals surface area contributed by atoms with Crippen LogP contribution in [0.3, 0.4) is 0 Å². The second-order valence-electron chi connectivity index (χ2n) is 8.23. The van der Waals surface area contributed by atoms with Crippen molar-refractivity contribution in [3.63, 3.8) is 0 Å². The first kappa shape index (κ1) is 22.0. The van der Waals surface area contributed by atoms with Crippen molar-refractivity contribution in [2.24, 2.45) is 4.99 Å². The normalized spacial score (nSPS) is 17.8. The number of rotatable bonds is 7. The van der Waals surface area contributed by atoms with Crippen LogP contribution in [0.25, 0.3) is 0 Å². The van der Waals surface area contributed by atoms with Crippen LogP contribution in [0.1, 0.15) is 43.4 Å². The Bertz CT molecular complexity index is 987. The molecule has 2 aromatic carbocycles. The van der Waals surface area contributed by atoms with Crippen molar-refractivity contribution in [1.82, 2.24) is 10.6 Å². The Kier molecular flexibility index (Phi) is 6.83. The molecule has 2 aromatic rings. The predicted molar refractivity (Wildman–Crippen MR) is 126 cm³/mol. The van der Waals surface area contributed by atoms with Crippen LogP contribution in [0.2, 0.25) is 0 Å². The van der Waals surface area contributed by atoms with Gasteiger partial charge in [-0.3, -0.25) is 9.79 Å². The first-order valence-corrected chi connectivity index (χ1v) is 11.4. The lowest BCUT2D eigenvalue weighted by molar-refractivity contribution is -0.117. The van der Waals surface area contributed by atoms with Crippen LogP contribution in [0, 0.1) is 0 Å². The lowest BCUT2D eigenvalue weighted by Crippen LogP contribution is -2.36. The number of nitrogens with one attached hydrogen (secondary N) is 2. The molecule has 1 atom stereocenters. The van der Waals surface area contributed by atoms with Gasteiger partial charge in [0.1, 0.15) is 17.6 Å². The van der Waals surface area contributed by atoms with E-state index in [0.717, 1.165) is 47.7 Å². The van der Waals surface area contributed by atoms with Crippen LogP contribution in [0.4, 0.5) is 5.69 Å². The molecule has 1 fully saturated rings. The summed E-state index contributed by atoms with van der Waals surface area (Å²) in [6, 6.07) is 12.3. The number of guanidine groups is 1. The van der Waals surface area contributed by atoms with Gasteiger partial charge in [-0.05, 0) is 50.1 Å². The molecule has 2 aliphatic heterocycles. The van der Waals surface area contributed by atoms with Gasteiger partial charge < -0.3 is 25.0 Å². The number of nitrogens with zero attached hydrogens (tertiary/aromatic N) is 2. The second-order valence-corrected chi connectivity index (χ2v) is 8.23. The molecule has 7 nitrogen and oxygen atoms in total. The largest absolute Gasteiger partial charge is 0.494 e. The quantitative estimate of drug-likeness (QED) is 0.514. The number of carbonyl (C=O) groups excluding carboxylic acids is 1. The van der Waals surface area contributed by atoms with Gasteiger partial charge in [0.05, 0.1) is 6.61 Å². The Morgan fingerprint density at radius 3 is 2.69 bits per heavy atom. The summed E-state index contributed by atoms with van der Waals surface area (Å²) in [5.74, 6) is 2.75. The number of carbonyl (C=O) groups is 1. The maximum Gasteiger partial charge on any atom is 0.227 e. The fraction of sp³-hybridized carbons (Fsp3) is 0.440. The Hall–Kier alpha value is -3.22. The van der Waals surface area contributed by atoms with Crippen LogP contribution in [0.5, 0.6) is 11.5 Å². The molecule has 0 bridgehead atoms. The van der Waals surface area contributed by atoms with Crippen LogP contribution in [-0.4, -0.2) is 38.2 Å². The lowest BCUT2D eigenvalue weighted by Gasteiger charge is -2.17. The number of hydrogen-bond donors (Lipinski definition) is 2. The number of benzene rings is 2. The van der Waals surface area contributed by atoms with Gasteiger partial charge in [0.15, 0.2) is 5.96 Å². The molecule has 0 radical (unpaired) electrons. The monoisotopic (exact) mass is 436 g/mol. The summed E-state index contributed by atoms with van der Waals surface area (Å²) in [5, 5.41) is 6.72. The highest BCUT2D eigenvalue weighted by atomic mass is 16.5. The SMILES string of the molecule is CCOc1cc2c(cc1CNC(=NC)NCc1ccc(N3CCCC3=O)cc1)OC(C)C2. The van der Waals surface area contributed by atoms with E-state index < -0.39 is 0 Å². The third-order valence-electron chi connectivity index (χ3n) is 5.83. The zero-order valence-electron chi connectivity index (χ0n) is 19.1. The number of fused-ring (bicyclic) bond motifs is 1. The van der Waals surface area contributed by atoms with Gasteiger partial charge in [-0.25, -0.2) is 0 Å². The fourth-order valence-electron chi connectivity index (χ4n) is 4.21. The minimum Gasteiger partial charge on any atom is -0.494 e. The molecule has 7 heteroatoms. The molecule has 32 heavy (non-hydrogen) atoms. The molecule has 4 rings (SSSR count). The Labute approximate surface area is 189 Å². The third kappa shape index (κ3) is 4.98. The molecule has 2 heterocycles. The average molecular weight is 437 g/mol. The number of ether oxygens (including phenoxy) is 2. The summed E-state index contributed by atoms with van der Waals surface area (Å²) in [5.41, 5.74) is 4.34. The summed E-state index contributed by atoms with van der Waals surface area (Å²) in [7, 11) is 1.76. The summed E-state index contributed by atoms with van der Waals surface area (Å²) in [4.78, 5) is 18.1. The average Bonchev–Trinajstić information content (AvgIpc) is 3.38. The van der Waals surface area contributed by atoms with Crippen molar-refractivity contribution in [1.29, 1.82) is 0 Å². The number of anilines is 1. The molecule has 0 aromatic heterocycles. The second kappa shape index (κ2) is 9.94. The maximum atomic E-state index is 11.9. The van der Waals surface area contributed by atoms with Gasteiger partial charge in [-0.2, -0.15) is 0 Å². The molecule has 2 aliphatic rings. The third-order valence-corrected chi connectivity index (χ3v) is 5.83. The zero-order chi connectivity index (χ0) is 22.5. The maximum absolute atomic E-state index is 11.9. The molecule has 170 valence electrons. The molecular weight excluding hydrogens is 404 g/mol. The molecule has 0 saturated carbocycles. The lowest BCUT2D eigenvalue weighted by atomic mass is 10.1. The summed E-state index contributed by atoms with van der Waals surface area (Å²) < 4.78 is 11.8. The zero-order valence-corrected chi connectivity index (χ0v) is 19.1. The smallest absolute Gasteiger partial charge is 0.227 e. The molecular formula is C25H32N4O3. The summed E-state index contributed by atoms with van der Waals surface area (Å²) in [6.07, 6.45) is 2.69. The highest BCUT2D eigenvalue weighted by Crippen LogP contribution is 2.35. The van der Waals surface area contributed by atoms with E-state index in [4.69, 9.17) is 9.47 Å². The van der Waals surface area contributed by atoms with E-state index in [9.17, 15) is 4.79 Å². The Morgan fingerprint density at radius 2 is 2.00 bits per heavy atom. The molecule has 1 amide bonds. The summed E-state index contributed by atoms with van der Waals surface area (Å²) in [6.45, 7) is 6.72. The van der Waals surface area contributed by atoms with Crippen LogP contribution >= 0.6 is 0 Å². The van der Waals surface area contributed by atoms with Gasteiger partial charge in [0.25, 0.3) is 0 Å². The van der Waals surface area contributed by atoms with Crippen LogP contribution in [-0.2, 0) is 24.3 Å². The molecule has 1 saturated heterocycles. The van der Waals surface area contributed by atoms with Gasteiger partial charge in [-0.15, -0.1) is 0 Å². The highest BCUT2D eigenvalue weighted by Gasteiger charge is 2.22. The van der Waals surface area contributed by atoms with Gasteiger partial charge in [0.2, 0.25) is 5.91 Å². The molecule has 2 N–H and O–H groups in total. The molecule has 0 spiro atoms. The fourth-order valence-corrected chi connectivity index (χ4v) is 4.21. The van der Waals surface area contributed by atoms with Gasteiger partial charge in [-0.1, -0.05) is 12.1 Å².